The van der Waals surface area contributed by atoms with Crippen LogP contribution in [0.5, 0.6) is 0 Å². The Morgan fingerprint density at radius 2 is 2.15 bits per heavy atom. The molecular weight excluding hydrogens is 170 g/mol. The summed E-state index contributed by atoms with van der Waals surface area (Å²) in [4.78, 5) is 23.3. The second-order valence-electron chi connectivity index (χ2n) is 4.01. The van der Waals surface area contributed by atoms with Crippen LogP contribution in [-0.4, -0.2) is 35.5 Å². The van der Waals surface area contributed by atoms with Crippen molar-refractivity contribution in [1.82, 2.24) is 10.2 Å². The molecule has 1 rings (SSSR count). The van der Waals surface area contributed by atoms with E-state index in [0.29, 0.717) is 13.0 Å². The van der Waals surface area contributed by atoms with E-state index in [1.165, 1.54) is 4.90 Å². The third kappa shape index (κ3) is 3.02. The van der Waals surface area contributed by atoms with Gasteiger partial charge in [-0.25, -0.2) is 4.79 Å². The summed E-state index contributed by atoms with van der Waals surface area (Å²) in [6.45, 7) is 4.47. The molecule has 0 bridgehead atoms. The Hall–Kier alpha value is -1.10. The van der Waals surface area contributed by atoms with Crippen LogP contribution < -0.4 is 11.1 Å². The Morgan fingerprint density at radius 1 is 1.54 bits per heavy atom. The van der Waals surface area contributed by atoms with Gasteiger partial charge in [-0.15, -0.1) is 0 Å². The first kappa shape index (κ1) is 9.98. The van der Waals surface area contributed by atoms with Gasteiger partial charge in [0.2, 0.25) is 5.91 Å². The van der Waals surface area contributed by atoms with E-state index < -0.39 is 0 Å². The average molecular weight is 185 g/mol. The van der Waals surface area contributed by atoms with Crippen molar-refractivity contribution in [2.45, 2.75) is 25.8 Å². The summed E-state index contributed by atoms with van der Waals surface area (Å²) in [6, 6.07) is -0.311. The lowest BCUT2D eigenvalue weighted by atomic mass is 10.0. The Labute approximate surface area is 77.3 Å². The highest BCUT2D eigenvalue weighted by Gasteiger charge is 2.27. The molecule has 0 spiro atoms. The zero-order valence-electron chi connectivity index (χ0n) is 7.96. The van der Waals surface area contributed by atoms with E-state index in [4.69, 9.17) is 5.73 Å². The first-order chi connectivity index (χ1) is 5.88. The second-order valence-corrected chi connectivity index (χ2v) is 4.01. The molecule has 1 heterocycles. The lowest BCUT2D eigenvalue weighted by molar-refractivity contribution is -0.118. The molecule has 1 fully saturated rings. The third-order valence-electron chi connectivity index (χ3n) is 1.89. The highest BCUT2D eigenvalue weighted by molar-refractivity contribution is 6.01. The minimum Gasteiger partial charge on any atom is -0.325 e. The Bertz CT molecular complexity index is 232. The lowest BCUT2D eigenvalue weighted by Gasteiger charge is -2.21. The molecule has 1 aliphatic rings. The minimum atomic E-state index is -0.311. The largest absolute Gasteiger partial charge is 0.325 e. The number of urea groups is 1. The molecule has 0 aliphatic carbocycles. The number of carbonyl (C=O) groups excluding carboxylic acids is 2. The van der Waals surface area contributed by atoms with Crippen molar-refractivity contribution < 1.29 is 9.59 Å². The summed E-state index contributed by atoms with van der Waals surface area (Å²) < 4.78 is 0. The summed E-state index contributed by atoms with van der Waals surface area (Å²) in [5.74, 6) is -0.236. The van der Waals surface area contributed by atoms with Gasteiger partial charge in [-0.3, -0.25) is 10.1 Å². The van der Waals surface area contributed by atoms with E-state index in [2.05, 4.69) is 5.32 Å². The lowest BCUT2D eigenvalue weighted by Crippen LogP contribution is -2.38. The van der Waals surface area contributed by atoms with Crippen molar-refractivity contribution in [3.05, 3.63) is 0 Å². The van der Waals surface area contributed by atoms with Crippen molar-refractivity contribution in [2.75, 3.05) is 13.1 Å². The monoisotopic (exact) mass is 185 g/mol. The maximum Gasteiger partial charge on any atom is 0.324 e. The molecule has 0 atom stereocenters. The Kier molecular flexibility index (Phi) is 2.56. The maximum atomic E-state index is 11.1. The number of rotatable bonds is 3. The first-order valence-corrected chi connectivity index (χ1v) is 4.26. The highest BCUT2D eigenvalue weighted by Crippen LogP contribution is 2.07. The van der Waals surface area contributed by atoms with Gasteiger partial charge in [0.1, 0.15) is 6.54 Å². The predicted molar refractivity (Wildman–Crippen MR) is 48.0 cm³/mol. The van der Waals surface area contributed by atoms with Gasteiger partial charge in [-0.2, -0.15) is 0 Å². The molecule has 0 aromatic carbocycles. The van der Waals surface area contributed by atoms with Crippen molar-refractivity contribution in [1.29, 1.82) is 0 Å². The third-order valence-corrected chi connectivity index (χ3v) is 1.89. The van der Waals surface area contributed by atoms with Gasteiger partial charge < -0.3 is 10.6 Å². The molecule has 5 heteroatoms. The van der Waals surface area contributed by atoms with Gasteiger partial charge in [0.05, 0.1) is 0 Å². The molecule has 1 aliphatic heterocycles. The first-order valence-electron chi connectivity index (χ1n) is 4.26. The molecule has 0 radical (unpaired) electrons. The van der Waals surface area contributed by atoms with Gasteiger partial charge >= 0.3 is 6.03 Å². The normalized spacial score (nSPS) is 17.9. The number of nitrogens with zero attached hydrogens (tertiary/aromatic N) is 1. The molecular formula is C8H15N3O2. The number of nitrogens with two attached hydrogens (primary N) is 1. The van der Waals surface area contributed by atoms with Crippen LogP contribution in [0.4, 0.5) is 4.79 Å². The smallest absolute Gasteiger partial charge is 0.324 e. The Balaban J connectivity index is 2.38. The average Bonchev–Trinajstić information content (AvgIpc) is 2.24. The maximum absolute atomic E-state index is 11.1. The van der Waals surface area contributed by atoms with E-state index in [1.807, 2.05) is 13.8 Å². The van der Waals surface area contributed by atoms with E-state index in [9.17, 15) is 9.59 Å². The van der Waals surface area contributed by atoms with Gasteiger partial charge in [-0.1, -0.05) is 0 Å². The zero-order valence-corrected chi connectivity index (χ0v) is 7.96. The van der Waals surface area contributed by atoms with Crippen LogP contribution in [-0.2, 0) is 4.79 Å². The zero-order chi connectivity index (χ0) is 10.1. The van der Waals surface area contributed by atoms with Crippen LogP contribution in [0.2, 0.25) is 0 Å². The van der Waals surface area contributed by atoms with Crippen LogP contribution in [0.15, 0.2) is 0 Å². The van der Waals surface area contributed by atoms with Crippen molar-refractivity contribution >= 4 is 11.9 Å². The van der Waals surface area contributed by atoms with Crippen LogP contribution >= 0.6 is 0 Å². The molecule has 3 N–H and O–H groups in total. The number of nitrogens with one attached hydrogen (secondary N) is 1. The Morgan fingerprint density at radius 3 is 2.54 bits per heavy atom. The standard InChI is InChI=1S/C8H15N3O2/c1-8(2,9)3-4-11-5-6(12)10-7(11)13/h3-5,9H2,1-2H3,(H,10,12,13). The molecule has 0 saturated carbocycles. The van der Waals surface area contributed by atoms with Gasteiger partial charge in [0.25, 0.3) is 0 Å². The minimum absolute atomic E-state index is 0.162. The molecule has 0 unspecified atom stereocenters. The fourth-order valence-corrected chi connectivity index (χ4v) is 1.09. The summed E-state index contributed by atoms with van der Waals surface area (Å²) >= 11 is 0. The van der Waals surface area contributed by atoms with Gasteiger partial charge in [0.15, 0.2) is 0 Å². The molecule has 74 valence electrons. The van der Waals surface area contributed by atoms with E-state index >= 15 is 0 Å². The van der Waals surface area contributed by atoms with E-state index in [-0.39, 0.29) is 24.0 Å². The predicted octanol–water partition coefficient (Wildman–Crippen LogP) is -0.334. The van der Waals surface area contributed by atoms with Gasteiger partial charge in [0, 0.05) is 12.1 Å². The van der Waals surface area contributed by atoms with Crippen molar-refractivity contribution in [2.24, 2.45) is 5.73 Å². The number of carbonyl (C=O) groups is 2. The number of hydrogen-bond donors (Lipinski definition) is 2. The molecule has 13 heavy (non-hydrogen) atoms. The van der Waals surface area contributed by atoms with Crippen LogP contribution in [0, 0.1) is 0 Å². The van der Waals surface area contributed by atoms with E-state index in [0.717, 1.165) is 0 Å². The fraction of sp³-hybridized carbons (Fsp3) is 0.750. The summed E-state index contributed by atoms with van der Waals surface area (Å²) in [5, 5.41) is 2.21. The molecule has 0 aromatic heterocycles. The number of imide groups is 1. The summed E-state index contributed by atoms with van der Waals surface area (Å²) in [5.41, 5.74) is 5.45. The second kappa shape index (κ2) is 3.33. The SMILES string of the molecule is CC(C)(N)CCN1CC(=O)NC1=O. The summed E-state index contributed by atoms with van der Waals surface area (Å²) in [7, 11) is 0. The topological polar surface area (TPSA) is 75.4 Å². The van der Waals surface area contributed by atoms with Crippen LogP contribution in [0.3, 0.4) is 0 Å². The van der Waals surface area contributed by atoms with Crippen molar-refractivity contribution in [3.8, 4) is 0 Å². The number of amides is 3. The van der Waals surface area contributed by atoms with Crippen LogP contribution in [0.25, 0.3) is 0 Å². The fourth-order valence-electron chi connectivity index (χ4n) is 1.09. The molecule has 1 saturated heterocycles. The molecule has 3 amide bonds. The van der Waals surface area contributed by atoms with Crippen LogP contribution in [0.1, 0.15) is 20.3 Å². The number of hydrogen-bond acceptors (Lipinski definition) is 3. The molecule has 0 aromatic rings. The van der Waals surface area contributed by atoms with E-state index in [1.54, 1.807) is 0 Å². The van der Waals surface area contributed by atoms with Crippen molar-refractivity contribution in [3.63, 3.8) is 0 Å². The quantitative estimate of drug-likeness (QED) is 0.591. The highest BCUT2D eigenvalue weighted by atomic mass is 16.2. The summed E-state index contributed by atoms with van der Waals surface area (Å²) in [6.07, 6.45) is 0.688. The van der Waals surface area contributed by atoms with Gasteiger partial charge in [-0.05, 0) is 20.3 Å². The molecule has 5 nitrogen and oxygen atoms in total.